The topological polar surface area (TPSA) is 70.9 Å². The third kappa shape index (κ3) is 5.03. The molecule has 1 amide bonds. The summed E-state index contributed by atoms with van der Waals surface area (Å²) in [5.74, 6) is -0.649. The van der Waals surface area contributed by atoms with Gasteiger partial charge in [0.25, 0.3) is 5.91 Å². The molecule has 0 unspecified atom stereocenters. The van der Waals surface area contributed by atoms with E-state index in [1.165, 1.54) is 0 Å². The number of benzene rings is 2. The number of hydroxylamine groups is 1. The first-order chi connectivity index (χ1) is 10.8. The van der Waals surface area contributed by atoms with Gasteiger partial charge in [-0.1, -0.05) is 65.8 Å². The highest BCUT2D eigenvalue weighted by Gasteiger charge is 2.11. The van der Waals surface area contributed by atoms with Crippen LogP contribution in [0.15, 0.2) is 65.8 Å². The molecule has 0 aromatic heterocycles. The summed E-state index contributed by atoms with van der Waals surface area (Å²) in [7, 11) is 0. The Kier molecular flexibility index (Phi) is 6.14. The van der Waals surface area contributed by atoms with E-state index >= 15 is 0 Å². The van der Waals surface area contributed by atoms with E-state index in [-0.39, 0.29) is 12.3 Å². The minimum atomic E-state index is -0.649. The Hall–Kier alpha value is -2.66. The van der Waals surface area contributed by atoms with Crippen molar-refractivity contribution in [2.75, 3.05) is 0 Å². The summed E-state index contributed by atoms with van der Waals surface area (Å²) < 4.78 is 0. The number of nitrogens with zero attached hydrogens (tertiary/aromatic N) is 1. The average Bonchev–Trinajstić information content (AvgIpc) is 2.59. The van der Waals surface area contributed by atoms with Gasteiger partial charge in [-0.2, -0.15) is 0 Å². The zero-order valence-electron chi connectivity index (χ0n) is 12.1. The Balaban J connectivity index is 1.93. The Morgan fingerprint density at radius 3 is 2.18 bits per heavy atom. The molecule has 2 aromatic rings. The number of oxime groups is 1. The second-order valence-electron chi connectivity index (χ2n) is 4.72. The molecule has 0 heterocycles. The van der Waals surface area contributed by atoms with Crippen molar-refractivity contribution in [3.63, 3.8) is 0 Å². The predicted octanol–water partition coefficient (Wildman–Crippen LogP) is 2.70. The first-order valence-electron chi connectivity index (χ1n) is 7.00. The van der Waals surface area contributed by atoms with E-state index in [0.717, 1.165) is 11.1 Å². The number of carbonyl (C=O) groups excluding carboxylic acids is 1. The van der Waals surface area contributed by atoms with Crippen molar-refractivity contribution in [2.24, 2.45) is 5.16 Å². The van der Waals surface area contributed by atoms with Crippen molar-refractivity contribution < 1.29 is 14.8 Å². The van der Waals surface area contributed by atoms with E-state index in [9.17, 15) is 4.79 Å². The van der Waals surface area contributed by atoms with E-state index in [2.05, 4.69) is 5.16 Å². The Labute approximate surface area is 129 Å². The van der Waals surface area contributed by atoms with Gasteiger partial charge >= 0.3 is 0 Å². The van der Waals surface area contributed by atoms with Gasteiger partial charge in [-0.05, 0) is 17.5 Å². The minimum absolute atomic E-state index is 0.155. The maximum Gasteiger partial charge on any atom is 0.292 e. The van der Waals surface area contributed by atoms with Crippen LogP contribution in [0, 0.1) is 0 Å². The van der Waals surface area contributed by atoms with Crippen molar-refractivity contribution in [3.05, 3.63) is 71.8 Å². The number of amides is 1. The molecule has 0 atom stereocenters. The quantitative estimate of drug-likeness (QED) is 0.469. The molecule has 2 aromatic carbocycles. The molecule has 0 spiro atoms. The molecule has 2 rings (SSSR count). The summed E-state index contributed by atoms with van der Waals surface area (Å²) in [6, 6.07) is 19.3. The average molecular weight is 298 g/mol. The van der Waals surface area contributed by atoms with Crippen molar-refractivity contribution in [1.29, 1.82) is 0 Å². The molecule has 0 radical (unpaired) electrons. The fourth-order valence-electron chi connectivity index (χ4n) is 1.93. The molecular weight excluding hydrogens is 280 g/mol. The number of aryl methyl sites for hydroxylation is 1. The summed E-state index contributed by atoms with van der Waals surface area (Å²) in [4.78, 5) is 16.8. The lowest BCUT2D eigenvalue weighted by molar-refractivity contribution is -0.122. The Morgan fingerprint density at radius 1 is 1.00 bits per heavy atom. The van der Waals surface area contributed by atoms with Gasteiger partial charge in [-0.15, -0.1) is 0 Å². The van der Waals surface area contributed by atoms with Crippen LogP contribution in [-0.2, 0) is 22.7 Å². The van der Waals surface area contributed by atoms with Crippen LogP contribution in [0.5, 0.6) is 0 Å². The van der Waals surface area contributed by atoms with Crippen LogP contribution < -0.4 is 5.48 Å². The molecule has 5 heteroatoms. The summed E-state index contributed by atoms with van der Waals surface area (Å²) in [6.45, 7) is 0.272. The smallest absolute Gasteiger partial charge is 0.292 e. The third-order valence-electron chi connectivity index (χ3n) is 3.11. The van der Waals surface area contributed by atoms with Gasteiger partial charge < -0.3 is 4.84 Å². The molecule has 0 aliphatic carbocycles. The third-order valence-corrected chi connectivity index (χ3v) is 3.11. The molecule has 22 heavy (non-hydrogen) atoms. The van der Waals surface area contributed by atoms with Crippen LogP contribution in [0.1, 0.15) is 17.5 Å². The van der Waals surface area contributed by atoms with Crippen molar-refractivity contribution in [1.82, 2.24) is 5.48 Å². The van der Waals surface area contributed by atoms with Crippen LogP contribution in [0.2, 0.25) is 0 Å². The molecule has 0 saturated heterocycles. The lowest BCUT2D eigenvalue weighted by Gasteiger charge is -2.05. The van der Waals surface area contributed by atoms with E-state index < -0.39 is 5.91 Å². The highest BCUT2D eigenvalue weighted by atomic mass is 16.6. The predicted molar refractivity (Wildman–Crippen MR) is 83.4 cm³/mol. The molecule has 2 N–H and O–H groups in total. The summed E-state index contributed by atoms with van der Waals surface area (Å²) in [5, 5.41) is 12.6. The van der Waals surface area contributed by atoms with E-state index in [1.54, 1.807) is 5.48 Å². The first-order valence-corrected chi connectivity index (χ1v) is 7.00. The SMILES string of the molecule is O=C(NO)C(CCc1ccccc1)=NOCc1ccccc1. The summed E-state index contributed by atoms with van der Waals surface area (Å²) >= 11 is 0. The number of nitrogens with one attached hydrogen (secondary N) is 1. The van der Waals surface area contributed by atoms with Gasteiger partial charge in [0.05, 0.1) is 0 Å². The zero-order valence-corrected chi connectivity index (χ0v) is 12.1. The van der Waals surface area contributed by atoms with E-state index in [4.69, 9.17) is 10.0 Å². The van der Waals surface area contributed by atoms with Gasteiger partial charge in [-0.25, -0.2) is 5.48 Å². The second-order valence-corrected chi connectivity index (χ2v) is 4.72. The fraction of sp³-hybridized carbons (Fsp3) is 0.176. The fourth-order valence-corrected chi connectivity index (χ4v) is 1.93. The van der Waals surface area contributed by atoms with E-state index in [1.807, 2.05) is 60.7 Å². The highest BCUT2D eigenvalue weighted by molar-refractivity contribution is 6.38. The molecular formula is C17H18N2O3. The van der Waals surface area contributed by atoms with Gasteiger partial charge in [0.2, 0.25) is 0 Å². The number of hydrogen-bond donors (Lipinski definition) is 2. The number of rotatable bonds is 7. The van der Waals surface area contributed by atoms with Crippen LogP contribution in [0.25, 0.3) is 0 Å². The Bertz CT molecular complexity index is 612. The lowest BCUT2D eigenvalue weighted by atomic mass is 10.1. The van der Waals surface area contributed by atoms with Gasteiger partial charge in [0.15, 0.2) is 0 Å². The minimum Gasteiger partial charge on any atom is -0.391 e. The van der Waals surface area contributed by atoms with Crippen molar-refractivity contribution in [2.45, 2.75) is 19.4 Å². The number of carbonyl (C=O) groups is 1. The van der Waals surface area contributed by atoms with Crippen molar-refractivity contribution >= 4 is 11.6 Å². The Morgan fingerprint density at radius 2 is 1.59 bits per heavy atom. The molecule has 0 saturated carbocycles. The normalized spacial score (nSPS) is 11.0. The standard InChI is InChI=1S/C17H18N2O3/c20-17(18-21)16(12-11-14-7-3-1-4-8-14)19-22-13-15-9-5-2-6-10-15/h1-10,21H,11-13H2,(H,18,20). The van der Waals surface area contributed by atoms with Crippen LogP contribution >= 0.6 is 0 Å². The number of hydrogen-bond acceptors (Lipinski definition) is 4. The summed E-state index contributed by atoms with van der Waals surface area (Å²) in [5.41, 5.74) is 3.80. The molecule has 0 fully saturated rings. The highest BCUT2D eigenvalue weighted by Crippen LogP contribution is 2.05. The molecule has 0 bridgehead atoms. The van der Waals surface area contributed by atoms with Crippen LogP contribution in [-0.4, -0.2) is 16.8 Å². The van der Waals surface area contributed by atoms with Gasteiger partial charge in [-0.3, -0.25) is 10.0 Å². The monoisotopic (exact) mass is 298 g/mol. The molecule has 114 valence electrons. The van der Waals surface area contributed by atoms with Crippen LogP contribution in [0.4, 0.5) is 0 Å². The largest absolute Gasteiger partial charge is 0.391 e. The van der Waals surface area contributed by atoms with Crippen LogP contribution in [0.3, 0.4) is 0 Å². The zero-order chi connectivity index (χ0) is 15.6. The molecule has 0 aliphatic heterocycles. The van der Waals surface area contributed by atoms with E-state index in [0.29, 0.717) is 12.8 Å². The first kappa shape index (κ1) is 15.7. The molecule has 5 nitrogen and oxygen atoms in total. The maximum absolute atomic E-state index is 11.6. The molecule has 0 aliphatic rings. The van der Waals surface area contributed by atoms with Gasteiger partial charge in [0.1, 0.15) is 12.3 Å². The van der Waals surface area contributed by atoms with Crippen molar-refractivity contribution in [3.8, 4) is 0 Å². The lowest BCUT2D eigenvalue weighted by Crippen LogP contribution is -2.28. The second kappa shape index (κ2) is 8.59. The van der Waals surface area contributed by atoms with Gasteiger partial charge in [0, 0.05) is 6.42 Å². The maximum atomic E-state index is 11.6. The summed E-state index contributed by atoms with van der Waals surface area (Å²) in [6.07, 6.45) is 1.02.